The molecule has 18 heavy (non-hydrogen) atoms. The first-order valence-electron chi connectivity index (χ1n) is 6.59. The van der Waals surface area contributed by atoms with E-state index in [0.717, 1.165) is 6.54 Å². The lowest BCUT2D eigenvalue weighted by molar-refractivity contribution is 0.306. The van der Waals surface area contributed by atoms with Crippen molar-refractivity contribution in [2.45, 2.75) is 39.0 Å². The van der Waals surface area contributed by atoms with Crippen molar-refractivity contribution in [1.29, 1.82) is 5.26 Å². The molecular weight excluding hydrogens is 224 g/mol. The van der Waals surface area contributed by atoms with Crippen LogP contribution < -0.4 is 11.1 Å². The molecule has 1 aromatic rings. The second-order valence-electron chi connectivity index (χ2n) is 5.15. The Morgan fingerprint density at radius 3 is 2.83 bits per heavy atom. The van der Waals surface area contributed by atoms with Crippen LogP contribution in [0, 0.1) is 16.7 Å². The fourth-order valence-corrected chi connectivity index (χ4v) is 2.76. The van der Waals surface area contributed by atoms with Gasteiger partial charge in [-0.2, -0.15) is 5.26 Å². The van der Waals surface area contributed by atoms with Crippen LogP contribution in [0.4, 0.5) is 11.5 Å². The van der Waals surface area contributed by atoms with Crippen molar-refractivity contribution < 1.29 is 0 Å². The van der Waals surface area contributed by atoms with Crippen LogP contribution in [0.15, 0.2) is 12.3 Å². The molecule has 1 heterocycles. The van der Waals surface area contributed by atoms with Crippen molar-refractivity contribution in [3.8, 4) is 6.07 Å². The van der Waals surface area contributed by atoms with Crippen LogP contribution in [-0.4, -0.2) is 11.5 Å². The third kappa shape index (κ3) is 2.40. The lowest BCUT2D eigenvalue weighted by Crippen LogP contribution is -2.26. The molecule has 1 aliphatic rings. The predicted octanol–water partition coefficient (Wildman–Crippen LogP) is 2.92. The molecule has 0 aromatic carbocycles. The van der Waals surface area contributed by atoms with Gasteiger partial charge in [-0.3, -0.25) is 0 Å². The molecule has 0 atom stereocenters. The minimum absolute atomic E-state index is 0.386. The number of nitrogens with one attached hydrogen (secondary N) is 1. The Bertz CT molecular complexity index is 455. The lowest BCUT2D eigenvalue weighted by Gasteiger charge is -2.28. The Balaban J connectivity index is 2.08. The van der Waals surface area contributed by atoms with E-state index in [1.807, 2.05) is 0 Å². The van der Waals surface area contributed by atoms with Gasteiger partial charge in [0, 0.05) is 12.7 Å². The minimum Gasteiger partial charge on any atom is -0.395 e. The number of nitrogens with two attached hydrogens (primary N) is 1. The summed E-state index contributed by atoms with van der Waals surface area (Å²) in [6, 6.07) is 3.73. The summed E-state index contributed by atoms with van der Waals surface area (Å²) in [6.07, 6.45) is 7.98. The first kappa shape index (κ1) is 12.7. The molecule has 0 radical (unpaired) electrons. The topological polar surface area (TPSA) is 74.7 Å². The minimum atomic E-state index is 0.386. The van der Waals surface area contributed by atoms with E-state index in [2.05, 4.69) is 23.3 Å². The maximum absolute atomic E-state index is 8.93. The zero-order valence-corrected chi connectivity index (χ0v) is 10.9. The molecule has 1 aliphatic carbocycles. The number of pyridine rings is 1. The van der Waals surface area contributed by atoms with Crippen molar-refractivity contribution in [3.63, 3.8) is 0 Å². The van der Waals surface area contributed by atoms with E-state index >= 15 is 0 Å². The van der Waals surface area contributed by atoms with Crippen molar-refractivity contribution in [2.24, 2.45) is 5.41 Å². The summed E-state index contributed by atoms with van der Waals surface area (Å²) in [7, 11) is 0. The second-order valence-corrected chi connectivity index (χ2v) is 5.15. The molecular formula is C14H20N4. The Morgan fingerprint density at radius 1 is 1.50 bits per heavy atom. The summed E-state index contributed by atoms with van der Waals surface area (Å²) >= 11 is 0. The van der Waals surface area contributed by atoms with Crippen LogP contribution in [0.25, 0.3) is 0 Å². The summed E-state index contributed by atoms with van der Waals surface area (Å²) < 4.78 is 0. The smallest absolute Gasteiger partial charge is 0.150 e. The predicted molar refractivity (Wildman–Crippen MR) is 73.0 cm³/mol. The third-order valence-electron chi connectivity index (χ3n) is 4.16. The lowest BCUT2D eigenvalue weighted by atomic mass is 9.83. The third-order valence-corrected chi connectivity index (χ3v) is 4.16. The highest BCUT2D eigenvalue weighted by Crippen LogP contribution is 2.41. The quantitative estimate of drug-likeness (QED) is 0.854. The molecule has 1 saturated carbocycles. The van der Waals surface area contributed by atoms with Gasteiger partial charge in [0.15, 0.2) is 5.82 Å². The van der Waals surface area contributed by atoms with Gasteiger partial charge in [0.2, 0.25) is 0 Å². The monoisotopic (exact) mass is 244 g/mol. The van der Waals surface area contributed by atoms with Crippen LogP contribution in [-0.2, 0) is 0 Å². The standard InChI is InChI=1S/C14H20N4/c1-2-14(6-3-4-7-14)10-18-13-12(16)11(9-15)5-8-17-13/h5,8H,2-4,6-7,10,16H2,1H3,(H,17,18). The van der Waals surface area contributed by atoms with E-state index < -0.39 is 0 Å². The van der Waals surface area contributed by atoms with Crippen molar-refractivity contribution >= 4 is 11.5 Å². The van der Waals surface area contributed by atoms with Crippen molar-refractivity contribution in [1.82, 2.24) is 4.98 Å². The molecule has 0 spiro atoms. The zero-order chi connectivity index (χ0) is 13.0. The summed E-state index contributed by atoms with van der Waals surface area (Å²) in [4.78, 5) is 4.23. The molecule has 3 N–H and O–H groups in total. The van der Waals surface area contributed by atoms with Crippen molar-refractivity contribution in [3.05, 3.63) is 17.8 Å². The van der Waals surface area contributed by atoms with Gasteiger partial charge in [-0.05, 0) is 30.7 Å². The molecule has 1 fully saturated rings. The normalized spacial score (nSPS) is 17.3. The number of anilines is 2. The maximum atomic E-state index is 8.93. The maximum Gasteiger partial charge on any atom is 0.150 e. The van der Waals surface area contributed by atoms with Crippen molar-refractivity contribution in [2.75, 3.05) is 17.6 Å². The highest BCUT2D eigenvalue weighted by atomic mass is 15.0. The fourth-order valence-electron chi connectivity index (χ4n) is 2.76. The fraction of sp³-hybridized carbons (Fsp3) is 0.571. The Morgan fingerprint density at radius 2 is 2.22 bits per heavy atom. The van der Waals surface area contributed by atoms with Crippen LogP contribution in [0.3, 0.4) is 0 Å². The highest BCUT2D eigenvalue weighted by Gasteiger charge is 2.31. The van der Waals surface area contributed by atoms with E-state index in [1.54, 1.807) is 12.3 Å². The Hall–Kier alpha value is -1.76. The average Bonchev–Trinajstić information content (AvgIpc) is 2.87. The number of rotatable bonds is 4. The van der Waals surface area contributed by atoms with Crippen LogP contribution in [0.2, 0.25) is 0 Å². The summed E-state index contributed by atoms with van der Waals surface area (Å²) in [6.45, 7) is 3.14. The molecule has 0 bridgehead atoms. The van der Waals surface area contributed by atoms with E-state index in [9.17, 15) is 0 Å². The first-order valence-corrected chi connectivity index (χ1v) is 6.59. The van der Waals surface area contributed by atoms with Gasteiger partial charge in [0.05, 0.1) is 11.3 Å². The number of nitrogens with zero attached hydrogens (tertiary/aromatic N) is 2. The average molecular weight is 244 g/mol. The van der Waals surface area contributed by atoms with E-state index in [0.29, 0.717) is 22.5 Å². The number of hydrogen-bond acceptors (Lipinski definition) is 4. The highest BCUT2D eigenvalue weighted by molar-refractivity contribution is 5.68. The number of nitrogen functional groups attached to an aromatic ring is 1. The summed E-state index contributed by atoms with van der Waals surface area (Å²) in [5, 5.41) is 12.3. The van der Waals surface area contributed by atoms with Gasteiger partial charge in [-0.25, -0.2) is 4.98 Å². The van der Waals surface area contributed by atoms with Gasteiger partial charge < -0.3 is 11.1 Å². The first-order chi connectivity index (χ1) is 8.71. The van der Waals surface area contributed by atoms with Gasteiger partial charge in [-0.15, -0.1) is 0 Å². The SMILES string of the molecule is CCC1(CNc2nccc(C#N)c2N)CCCC1. The molecule has 0 amide bonds. The van der Waals surface area contributed by atoms with E-state index in [-0.39, 0.29) is 0 Å². The largest absolute Gasteiger partial charge is 0.395 e. The molecule has 96 valence electrons. The van der Waals surface area contributed by atoms with E-state index in [4.69, 9.17) is 11.0 Å². The Labute approximate surface area is 108 Å². The van der Waals surface area contributed by atoms with Gasteiger partial charge in [-0.1, -0.05) is 19.8 Å². The molecule has 0 unspecified atom stereocenters. The molecule has 4 heteroatoms. The van der Waals surface area contributed by atoms with E-state index in [1.165, 1.54) is 32.1 Å². The number of aromatic nitrogens is 1. The molecule has 1 aromatic heterocycles. The zero-order valence-electron chi connectivity index (χ0n) is 10.9. The molecule has 0 saturated heterocycles. The van der Waals surface area contributed by atoms with Gasteiger partial charge in [0.25, 0.3) is 0 Å². The van der Waals surface area contributed by atoms with Crippen LogP contribution in [0.1, 0.15) is 44.6 Å². The molecule has 4 nitrogen and oxygen atoms in total. The molecule has 0 aliphatic heterocycles. The van der Waals surface area contributed by atoms with Gasteiger partial charge >= 0.3 is 0 Å². The number of nitriles is 1. The summed E-state index contributed by atoms with van der Waals surface area (Å²) in [5.41, 5.74) is 7.25. The number of hydrogen-bond donors (Lipinski definition) is 2. The van der Waals surface area contributed by atoms with Gasteiger partial charge in [0.1, 0.15) is 6.07 Å². The van der Waals surface area contributed by atoms with Crippen LogP contribution in [0.5, 0.6) is 0 Å². The van der Waals surface area contributed by atoms with Crippen LogP contribution >= 0.6 is 0 Å². The molecule has 2 rings (SSSR count). The summed E-state index contributed by atoms with van der Waals surface area (Å²) in [5.74, 6) is 0.647. The Kier molecular flexibility index (Phi) is 3.71. The second kappa shape index (κ2) is 5.26.